The highest BCUT2D eigenvalue weighted by molar-refractivity contribution is 6.32. The van der Waals surface area contributed by atoms with E-state index in [1.165, 1.54) is 0 Å². The zero-order valence-corrected chi connectivity index (χ0v) is 16.3. The van der Waals surface area contributed by atoms with Gasteiger partial charge in [0.05, 0.1) is 5.57 Å². The summed E-state index contributed by atoms with van der Waals surface area (Å²) in [6, 6.07) is 3.47. The second-order valence-electron chi connectivity index (χ2n) is 6.77. The number of nitrogens with one attached hydrogen (secondary N) is 2. The van der Waals surface area contributed by atoms with Crippen LogP contribution in [0.15, 0.2) is 29.0 Å². The van der Waals surface area contributed by atoms with E-state index in [9.17, 15) is 15.0 Å². The van der Waals surface area contributed by atoms with Crippen molar-refractivity contribution >= 4 is 17.7 Å². The van der Waals surface area contributed by atoms with Crippen LogP contribution in [0.2, 0.25) is 0 Å². The number of aliphatic hydroxyl groups is 2. The lowest BCUT2D eigenvalue weighted by Crippen LogP contribution is -2.39. The van der Waals surface area contributed by atoms with E-state index in [-0.39, 0.29) is 5.91 Å². The highest BCUT2D eigenvalue weighted by Crippen LogP contribution is 2.25. The molecule has 2 unspecified atom stereocenters. The normalized spacial score (nSPS) is 17.8. The van der Waals surface area contributed by atoms with Gasteiger partial charge < -0.3 is 15.2 Å². The molecule has 1 amide bonds. The largest absolute Gasteiger partial charge is 0.379 e. The van der Waals surface area contributed by atoms with Gasteiger partial charge in [0.15, 0.2) is 0 Å². The number of aryl methyl sites for hydroxylation is 1. The molecule has 0 aliphatic carbocycles. The van der Waals surface area contributed by atoms with Crippen molar-refractivity contribution in [2.45, 2.75) is 46.7 Å². The van der Waals surface area contributed by atoms with Crippen LogP contribution in [0.4, 0.5) is 0 Å². The molecule has 2 atom stereocenters. The SMILES string of the molecule is Cc1[nH]c(C=C2C(=O)NN=C2c2cccnn2)c(C)c1CN(C(C)O)C(C)O. The van der Waals surface area contributed by atoms with E-state index in [0.29, 0.717) is 23.5 Å². The van der Waals surface area contributed by atoms with Gasteiger partial charge in [-0.1, -0.05) is 0 Å². The average Bonchev–Trinajstić information content (AvgIpc) is 3.14. The summed E-state index contributed by atoms with van der Waals surface area (Å²) in [5.74, 6) is -0.316. The number of aromatic amines is 1. The van der Waals surface area contributed by atoms with E-state index in [1.54, 1.807) is 43.2 Å². The zero-order chi connectivity index (χ0) is 20.4. The molecule has 3 heterocycles. The third kappa shape index (κ3) is 3.86. The summed E-state index contributed by atoms with van der Waals surface area (Å²) < 4.78 is 0. The van der Waals surface area contributed by atoms with Crippen LogP contribution in [0.1, 0.15) is 42.1 Å². The van der Waals surface area contributed by atoms with Crippen LogP contribution in [0.3, 0.4) is 0 Å². The minimum absolute atomic E-state index is 0.316. The number of rotatable bonds is 6. The van der Waals surface area contributed by atoms with Crippen LogP contribution in [-0.2, 0) is 11.3 Å². The predicted molar refractivity (Wildman–Crippen MR) is 104 cm³/mol. The van der Waals surface area contributed by atoms with Gasteiger partial charge in [-0.15, -0.1) is 5.10 Å². The number of H-pyrrole nitrogens is 1. The summed E-state index contributed by atoms with van der Waals surface area (Å²) in [5, 5.41) is 31.8. The number of hydrogen-bond acceptors (Lipinski definition) is 7. The molecule has 0 saturated carbocycles. The molecule has 0 bridgehead atoms. The monoisotopic (exact) mass is 384 g/mol. The van der Waals surface area contributed by atoms with Crippen molar-refractivity contribution in [3.63, 3.8) is 0 Å². The minimum atomic E-state index is -0.800. The smallest absolute Gasteiger partial charge is 0.273 e. The van der Waals surface area contributed by atoms with Crippen molar-refractivity contribution in [1.82, 2.24) is 25.5 Å². The first kappa shape index (κ1) is 19.9. The Labute approximate surface area is 162 Å². The molecule has 0 spiro atoms. The van der Waals surface area contributed by atoms with Crippen molar-refractivity contribution < 1.29 is 15.0 Å². The van der Waals surface area contributed by atoms with E-state index in [2.05, 4.69) is 25.7 Å². The third-order valence-corrected chi connectivity index (χ3v) is 4.80. The number of carbonyl (C=O) groups is 1. The maximum atomic E-state index is 12.3. The maximum absolute atomic E-state index is 12.3. The quantitative estimate of drug-likeness (QED) is 0.431. The topological polar surface area (TPSA) is 127 Å². The Kier molecular flexibility index (Phi) is 5.68. The number of carbonyl (C=O) groups excluding carboxylic acids is 1. The van der Waals surface area contributed by atoms with Crippen LogP contribution >= 0.6 is 0 Å². The number of aliphatic hydroxyl groups excluding tert-OH is 2. The summed E-state index contributed by atoms with van der Waals surface area (Å²) in [4.78, 5) is 17.1. The highest BCUT2D eigenvalue weighted by Gasteiger charge is 2.26. The average molecular weight is 384 g/mol. The molecular weight excluding hydrogens is 360 g/mol. The molecule has 0 aromatic carbocycles. The number of hydrogen-bond donors (Lipinski definition) is 4. The first-order chi connectivity index (χ1) is 13.3. The molecule has 148 valence electrons. The van der Waals surface area contributed by atoms with E-state index >= 15 is 0 Å². The Morgan fingerprint density at radius 1 is 1.25 bits per heavy atom. The number of hydrazone groups is 1. The lowest BCUT2D eigenvalue weighted by atomic mass is 10.0. The Morgan fingerprint density at radius 2 is 1.96 bits per heavy atom. The number of nitrogens with zero attached hydrogens (tertiary/aromatic N) is 4. The van der Waals surface area contributed by atoms with Gasteiger partial charge in [-0.25, -0.2) is 10.3 Å². The van der Waals surface area contributed by atoms with Crippen molar-refractivity contribution in [2.75, 3.05) is 0 Å². The molecule has 28 heavy (non-hydrogen) atoms. The van der Waals surface area contributed by atoms with Crippen LogP contribution < -0.4 is 5.43 Å². The van der Waals surface area contributed by atoms with Gasteiger partial charge in [-0.3, -0.25) is 4.79 Å². The lowest BCUT2D eigenvalue weighted by molar-refractivity contribution is -0.116. The maximum Gasteiger partial charge on any atom is 0.273 e. The first-order valence-electron chi connectivity index (χ1n) is 8.97. The van der Waals surface area contributed by atoms with Gasteiger partial charge in [-0.05, 0) is 57.0 Å². The van der Waals surface area contributed by atoms with E-state index in [4.69, 9.17) is 0 Å². The molecule has 1 aliphatic rings. The Morgan fingerprint density at radius 3 is 2.57 bits per heavy atom. The fourth-order valence-electron chi connectivity index (χ4n) is 3.19. The van der Waals surface area contributed by atoms with Gasteiger partial charge >= 0.3 is 0 Å². The molecule has 9 nitrogen and oxygen atoms in total. The second-order valence-corrected chi connectivity index (χ2v) is 6.77. The summed E-state index contributed by atoms with van der Waals surface area (Å²) in [6.07, 6.45) is 1.69. The summed E-state index contributed by atoms with van der Waals surface area (Å²) >= 11 is 0. The van der Waals surface area contributed by atoms with Crippen molar-refractivity contribution in [3.05, 3.63) is 52.1 Å². The number of amides is 1. The van der Waals surface area contributed by atoms with Crippen molar-refractivity contribution in [2.24, 2.45) is 5.10 Å². The molecule has 9 heteroatoms. The zero-order valence-electron chi connectivity index (χ0n) is 16.3. The van der Waals surface area contributed by atoms with Crippen LogP contribution in [0, 0.1) is 13.8 Å². The first-order valence-corrected chi connectivity index (χ1v) is 8.97. The molecule has 0 fully saturated rings. The summed E-state index contributed by atoms with van der Waals surface area (Å²) in [6.45, 7) is 7.43. The Hall–Kier alpha value is -2.88. The van der Waals surface area contributed by atoms with Gasteiger partial charge in [0.1, 0.15) is 23.9 Å². The van der Waals surface area contributed by atoms with Gasteiger partial charge in [0, 0.05) is 24.1 Å². The molecule has 0 saturated heterocycles. The molecule has 4 N–H and O–H groups in total. The third-order valence-electron chi connectivity index (χ3n) is 4.80. The van der Waals surface area contributed by atoms with Crippen molar-refractivity contribution in [1.29, 1.82) is 0 Å². The standard InChI is InChI=1S/C19H24N6O3/c1-10-15(9-25(12(3)26)13(4)27)11(2)21-17(10)8-14-18(23-24-19(14)28)16-6-5-7-20-22-16/h5-8,12-13,21,26-27H,9H2,1-4H3,(H,24,28). The molecular formula is C19H24N6O3. The fraction of sp³-hybridized carbons (Fsp3) is 0.368. The Balaban J connectivity index is 1.96. The van der Waals surface area contributed by atoms with Crippen LogP contribution in [0.25, 0.3) is 6.08 Å². The van der Waals surface area contributed by atoms with E-state index < -0.39 is 12.5 Å². The van der Waals surface area contributed by atoms with Gasteiger partial charge in [0.2, 0.25) is 0 Å². The lowest BCUT2D eigenvalue weighted by Gasteiger charge is -2.28. The van der Waals surface area contributed by atoms with Crippen LogP contribution in [-0.4, -0.2) is 54.4 Å². The molecule has 2 aromatic heterocycles. The van der Waals surface area contributed by atoms with E-state index in [1.807, 2.05) is 13.8 Å². The molecule has 0 radical (unpaired) electrons. The van der Waals surface area contributed by atoms with Gasteiger partial charge in [-0.2, -0.15) is 10.2 Å². The second kappa shape index (κ2) is 8.01. The molecule has 2 aromatic rings. The summed E-state index contributed by atoms with van der Waals surface area (Å²) in [5.41, 5.74) is 7.31. The predicted octanol–water partition coefficient (Wildman–Crippen LogP) is 0.818. The Bertz CT molecular complexity index is 923. The highest BCUT2D eigenvalue weighted by atomic mass is 16.3. The fourth-order valence-corrected chi connectivity index (χ4v) is 3.19. The van der Waals surface area contributed by atoms with Crippen LogP contribution in [0.5, 0.6) is 0 Å². The van der Waals surface area contributed by atoms with Crippen molar-refractivity contribution in [3.8, 4) is 0 Å². The molecule has 3 rings (SSSR count). The molecule has 1 aliphatic heterocycles. The summed E-state index contributed by atoms with van der Waals surface area (Å²) in [7, 11) is 0. The van der Waals surface area contributed by atoms with E-state index in [0.717, 1.165) is 22.5 Å². The number of aromatic nitrogens is 3. The minimum Gasteiger partial charge on any atom is -0.379 e. The van der Waals surface area contributed by atoms with Gasteiger partial charge in [0.25, 0.3) is 5.91 Å².